The highest BCUT2D eigenvalue weighted by Crippen LogP contribution is 2.34. The van der Waals surface area contributed by atoms with Crippen molar-refractivity contribution in [2.45, 2.75) is 25.4 Å². The maximum atomic E-state index is 13.3. The number of aromatic nitrogens is 4. The minimum absolute atomic E-state index is 0.135. The molecule has 8 heteroatoms. The van der Waals surface area contributed by atoms with Gasteiger partial charge in [-0.1, -0.05) is 6.07 Å². The zero-order valence-electron chi connectivity index (χ0n) is 15.2. The van der Waals surface area contributed by atoms with E-state index in [0.717, 1.165) is 25.3 Å². The van der Waals surface area contributed by atoms with Crippen LogP contribution < -0.4 is 5.73 Å². The second-order valence-corrected chi connectivity index (χ2v) is 7.05. The van der Waals surface area contributed by atoms with Gasteiger partial charge < -0.3 is 5.73 Å². The van der Waals surface area contributed by atoms with Crippen LogP contribution in [0.25, 0.3) is 28.2 Å². The average Bonchev–Trinajstić information content (AvgIpc) is 3.30. The first-order chi connectivity index (χ1) is 13.9. The third-order valence-corrected chi connectivity index (χ3v) is 5.21. The summed E-state index contributed by atoms with van der Waals surface area (Å²) in [5, 5.41) is 0. The van der Waals surface area contributed by atoms with Gasteiger partial charge in [0.15, 0.2) is 11.5 Å². The number of benzene rings is 1. The molecular formula is C21H16F3N5. The average molecular weight is 395 g/mol. The van der Waals surface area contributed by atoms with Crippen LogP contribution in [0.3, 0.4) is 0 Å². The summed E-state index contributed by atoms with van der Waals surface area (Å²) in [6.45, 7) is 0. The fourth-order valence-corrected chi connectivity index (χ4v) is 3.84. The van der Waals surface area contributed by atoms with Gasteiger partial charge in [-0.25, -0.2) is 15.0 Å². The SMILES string of the molecule is Nc1ncccc1-c1nc2ccc(C(F)(F)F)nc2n1-c1ccc2c(c1)CCC2. The van der Waals surface area contributed by atoms with Gasteiger partial charge in [-0.2, -0.15) is 13.2 Å². The highest BCUT2D eigenvalue weighted by molar-refractivity contribution is 5.83. The van der Waals surface area contributed by atoms with E-state index in [1.165, 1.54) is 17.2 Å². The topological polar surface area (TPSA) is 69.6 Å². The number of alkyl halides is 3. The molecule has 4 aromatic rings. The predicted octanol–water partition coefficient (Wildman–Crippen LogP) is 4.57. The molecule has 0 bridgehead atoms. The molecular weight excluding hydrogens is 379 g/mol. The molecule has 5 rings (SSSR count). The van der Waals surface area contributed by atoms with E-state index in [2.05, 4.69) is 15.0 Å². The molecule has 0 saturated heterocycles. The lowest BCUT2D eigenvalue weighted by Crippen LogP contribution is -2.09. The van der Waals surface area contributed by atoms with Gasteiger partial charge in [0.25, 0.3) is 0 Å². The summed E-state index contributed by atoms with van der Waals surface area (Å²) in [7, 11) is 0. The molecule has 1 aromatic carbocycles. The lowest BCUT2D eigenvalue weighted by Gasteiger charge is -2.12. The zero-order chi connectivity index (χ0) is 20.2. The minimum Gasteiger partial charge on any atom is -0.383 e. The van der Waals surface area contributed by atoms with Gasteiger partial charge in [0, 0.05) is 11.9 Å². The summed E-state index contributed by atoms with van der Waals surface area (Å²) >= 11 is 0. The standard InChI is InChI=1S/C21H16F3N5/c22-21(23,24)17-9-8-16-20(28-17)29(14-7-6-12-3-1-4-13(12)11-14)19(27-16)15-5-2-10-26-18(15)25/h2,5-11H,1,3-4H2,(H2,25,26). The first-order valence-electron chi connectivity index (χ1n) is 9.21. The van der Waals surface area contributed by atoms with Crippen molar-refractivity contribution in [2.75, 3.05) is 5.73 Å². The Morgan fingerprint density at radius 2 is 1.79 bits per heavy atom. The Morgan fingerprint density at radius 1 is 0.966 bits per heavy atom. The third kappa shape index (κ3) is 2.91. The monoisotopic (exact) mass is 395 g/mol. The Hall–Kier alpha value is -3.42. The summed E-state index contributed by atoms with van der Waals surface area (Å²) in [5.41, 5.74) is 9.29. The number of hydrogen-bond donors (Lipinski definition) is 1. The van der Waals surface area contributed by atoms with E-state index >= 15 is 0 Å². The van der Waals surface area contributed by atoms with Crippen LogP contribution in [-0.4, -0.2) is 19.5 Å². The first kappa shape index (κ1) is 17.7. The number of pyridine rings is 2. The summed E-state index contributed by atoms with van der Waals surface area (Å²) in [6, 6.07) is 11.7. The second kappa shape index (κ2) is 6.30. The molecule has 0 saturated carbocycles. The quantitative estimate of drug-likeness (QED) is 0.540. The fraction of sp³-hybridized carbons (Fsp3) is 0.190. The number of nitrogens with zero attached hydrogens (tertiary/aromatic N) is 4. The number of nitrogens with two attached hydrogens (primary N) is 1. The van der Waals surface area contributed by atoms with Crippen molar-refractivity contribution in [2.24, 2.45) is 0 Å². The zero-order valence-corrected chi connectivity index (χ0v) is 15.2. The fourth-order valence-electron chi connectivity index (χ4n) is 3.84. The van der Waals surface area contributed by atoms with Crippen LogP contribution in [0.2, 0.25) is 0 Å². The number of aryl methyl sites for hydroxylation is 2. The number of fused-ring (bicyclic) bond motifs is 2. The predicted molar refractivity (Wildman–Crippen MR) is 104 cm³/mol. The van der Waals surface area contributed by atoms with Gasteiger partial charge in [0.1, 0.15) is 17.0 Å². The molecule has 0 radical (unpaired) electrons. The summed E-state index contributed by atoms with van der Waals surface area (Å²) in [4.78, 5) is 12.6. The number of hydrogen-bond acceptors (Lipinski definition) is 4. The second-order valence-electron chi connectivity index (χ2n) is 7.05. The van der Waals surface area contributed by atoms with Crippen LogP contribution in [0.1, 0.15) is 23.2 Å². The van der Waals surface area contributed by atoms with E-state index in [0.29, 0.717) is 22.6 Å². The Kier molecular flexibility index (Phi) is 3.84. The van der Waals surface area contributed by atoms with Crippen molar-refractivity contribution in [3.05, 3.63) is 65.5 Å². The number of rotatable bonds is 2. The summed E-state index contributed by atoms with van der Waals surface area (Å²) in [6.07, 6.45) is 0.0405. The summed E-state index contributed by atoms with van der Waals surface area (Å²) < 4.78 is 41.5. The number of halogens is 3. The number of imidazole rings is 1. The Labute approximate surface area is 164 Å². The Bertz CT molecular complexity index is 1240. The van der Waals surface area contributed by atoms with Gasteiger partial charge >= 0.3 is 6.18 Å². The molecule has 5 nitrogen and oxygen atoms in total. The molecule has 0 atom stereocenters. The van der Waals surface area contributed by atoms with E-state index in [9.17, 15) is 13.2 Å². The molecule has 1 aliphatic rings. The van der Waals surface area contributed by atoms with E-state index < -0.39 is 11.9 Å². The molecule has 146 valence electrons. The Balaban J connectivity index is 1.83. The van der Waals surface area contributed by atoms with Crippen LogP contribution in [-0.2, 0) is 19.0 Å². The minimum atomic E-state index is -4.55. The van der Waals surface area contributed by atoms with Crippen LogP contribution in [0.4, 0.5) is 19.0 Å². The number of nitrogen functional groups attached to an aromatic ring is 1. The van der Waals surface area contributed by atoms with Crippen molar-refractivity contribution in [3.8, 4) is 17.1 Å². The lowest BCUT2D eigenvalue weighted by atomic mass is 10.1. The highest BCUT2D eigenvalue weighted by Gasteiger charge is 2.33. The van der Waals surface area contributed by atoms with Crippen molar-refractivity contribution < 1.29 is 13.2 Å². The van der Waals surface area contributed by atoms with E-state index in [4.69, 9.17) is 5.73 Å². The van der Waals surface area contributed by atoms with Crippen molar-refractivity contribution in [3.63, 3.8) is 0 Å². The molecule has 0 amide bonds. The van der Waals surface area contributed by atoms with Gasteiger partial charge in [-0.05, 0) is 66.8 Å². The molecule has 0 unspecified atom stereocenters. The first-order valence-corrected chi connectivity index (χ1v) is 9.21. The largest absolute Gasteiger partial charge is 0.433 e. The van der Waals surface area contributed by atoms with Gasteiger partial charge in [0.2, 0.25) is 0 Å². The van der Waals surface area contributed by atoms with E-state index in [1.54, 1.807) is 22.9 Å². The van der Waals surface area contributed by atoms with Gasteiger partial charge in [0.05, 0.1) is 5.56 Å². The van der Waals surface area contributed by atoms with Crippen molar-refractivity contribution in [1.82, 2.24) is 19.5 Å². The normalized spacial score (nSPS) is 13.8. The lowest BCUT2D eigenvalue weighted by molar-refractivity contribution is -0.141. The molecule has 0 fully saturated rings. The van der Waals surface area contributed by atoms with Crippen molar-refractivity contribution >= 4 is 17.0 Å². The Morgan fingerprint density at radius 3 is 2.59 bits per heavy atom. The van der Waals surface area contributed by atoms with Crippen molar-refractivity contribution in [1.29, 1.82) is 0 Å². The molecule has 0 aliphatic heterocycles. The highest BCUT2D eigenvalue weighted by atomic mass is 19.4. The smallest absolute Gasteiger partial charge is 0.383 e. The maximum absolute atomic E-state index is 13.3. The summed E-state index contributed by atoms with van der Waals surface area (Å²) in [5.74, 6) is 0.664. The molecule has 3 aromatic heterocycles. The molecule has 29 heavy (non-hydrogen) atoms. The third-order valence-electron chi connectivity index (χ3n) is 5.21. The molecule has 1 aliphatic carbocycles. The van der Waals surface area contributed by atoms with Gasteiger partial charge in [-0.3, -0.25) is 4.57 Å². The maximum Gasteiger partial charge on any atom is 0.433 e. The number of anilines is 1. The van der Waals surface area contributed by atoms with Crippen LogP contribution in [0, 0.1) is 0 Å². The van der Waals surface area contributed by atoms with Gasteiger partial charge in [-0.15, -0.1) is 0 Å². The molecule has 0 spiro atoms. The molecule has 3 heterocycles. The van der Waals surface area contributed by atoms with Crippen LogP contribution in [0.5, 0.6) is 0 Å². The molecule has 2 N–H and O–H groups in total. The van der Waals surface area contributed by atoms with Crippen LogP contribution in [0.15, 0.2) is 48.7 Å². The van der Waals surface area contributed by atoms with E-state index in [1.807, 2.05) is 18.2 Å². The van der Waals surface area contributed by atoms with E-state index in [-0.39, 0.29) is 11.5 Å². The van der Waals surface area contributed by atoms with Crippen LogP contribution >= 0.6 is 0 Å².